The molecule has 0 unspecified atom stereocenters. The molecule has 1 saturated heterocycles. The van der Waals surface area contributed by atoms with Crippen LogP contribution in [0.3, 0.4) is 0 Å². The highest BCUT2D eigenvalue weighted by atomic mass is 16.5. The van der Waals surface area contributed by atoms with Gasteiger partial charge < -0.3 is 14.7 Å². The molecule has 1 N–H and O–H groups in total. The molecule has 0 spiro atoms. The van der Waals surface area contributed by atoms with E-state index in [-0.39, 0.29) is 11.7 Å². The summed E-state index contributed by atoms with van der Waals surface area (Å²) in [6, 6.07) is 10.0. The van der Waals surface area contributed by atoms with Gasteiger partial charge in [-0.3, -0.25) is 4.79 Å². The second-order valence-electron chi connectivity index (χ2n) is 7.92. The summed E-state index contributed by atoms with van der Waals surface area (Å²) >= 11 is 0. The molecule has 26 heavy (non-hydrogen) atoms. The van der Waals surface area contributed by atoms with Crippen LogP contribution in [0, 0.1) is 6.92 Å². The van der Waals surface area contributed by atoms with Crippen LogP contribution in [0.25, 0.3) is 11.1 Å². The van der Waals surface area contributed by atoms with Crippen LogP contribution in [-0.4, -0.2) is 22.5 Å². The molecular formula is C22H25NO3. The Hall–Kier alpha value is -2.49. The highest BCUT2D eigenvalue weighted by molar-refractivity contribution is 5.82. The summed E-state index contributed by atoms with van der Waals surface area (Å²) in [5, 5.41) is 10.8. The minimum atomic E-state index is -0.470. The third kappa shape index (κ3) is 2.83. The Labute approximate surface area is 154 Å². The Morgan fingerprint density at radius 1 is 1.19 bits per heavy atom. The maximum Gasteiger partial charge on any atom is 0.222 e. The molecule has 0 saturated carbocycles. The Morgan fingerprint density at radius 3 is 2.77 bits per heavy atom. The van der Waals surface area contributed by atoms with E-state index in [1.165, 1.54) is 0 Å². The summed E-state index contributed by atoms with van der Waals surface area (Å²) in [5.41, 5.74) is 4.43. The van der Waals surface area contributed by atoms with Gasteiger partial charge in [0, 0.05) is 25.1 Å². The fraction of sp³-hybridized carbons (Fsp3) is 0.409. The van der Waals surface area contributed by atoms with Gasteiger partial charge in [0.25, 0.3) is 0 Å². The van der Waals surface area contributed by atoms with Gasteiger partial charge in [0.05, 0.1) is 5.56 Å². The van der Waals surface area contributed by atoms with Gasteiger partial charge in [-0.05, 0) is 56.9 Å². The molecule has 1 fully saturated rings. The van der Waals surface area contributed by atoms with Crippen molar-refractivity contribution in [3.8, 4) is 22.6 Å². The first kappa shape index (κ1) is 17.0. The smallest absolute Gasteiger partial charge is 0.222 e. The molecule has 2 aromatic carbocycles. The van der Waals surface area contributed by atoms with Gasteiger partial charge in [-0.25, -0.2) is 0 Å². The number of rotatable bonds is 2. The first-order valence-electron chi connectivity index (χ1n) is 9.29. The van der Waals surface area contributed by atoms with Gasteiger partial charge in [-0.1, -0.05) is 23.8 Å². The topological polar surface area (TPSA) is 49.8 Å². The molecule has 1 amide bonds. The van der Waals surface area contributed by atoms with Gasteiger partial charge in [-0.15, -0.1) is 0 Å². The molecule has 2 heterocycles. The van der Waals surface area contributed by atoms with Crippen LogP contribution in [0.1, 0.15) is 49.8 Å². The number of aromatic hydroxyl groups is 1. The van der Waals surface area contributed by atoms with Gasteiger partial charge in [0.2, 0.25) is 5.91 Å². The number of carbonyl (C=O) groups is 1. The van der Waals surface area contributed by atoms with E-state index in [2.05, 4.69) is 25.1 Å². The minimum absolute atomic E-state index is 0.190. The standard InChI is InChI=1S/C22H25NO3/c1-14-7-8-17-16(10-14)21-18(24)11-15(12-19(21)26-22(17,2)3)13-23-9-5-4-6-20(23)25/h7-8,10-12,24H,4-6,9,13H2,1-3H3. The lowest BCUT2D eigenvalue weighted by Gasteiger charge is -2.36. The van der Waals surface area contributed by atoms with E-state index in [4.69, 9.17) is 4.74 Å². The van der Waals surface area contributed by atoms with Crippen LogP contribution < -0.4 is 4.74 Å². The number of carbonyl (C=O) groups excluding carboxylic acids is 1. The van der Waals surface area contributed by atoms with Crippen molar-refractivity contribution in [3.63, 3.8) is 0 Å². The molecule has 0 aromatic heterocycles. The zero-order chi connectivity index (χ0) is 18.5. The molecule has 2 aromatic rings. The lowest BCUT2D eigenvalue weighted by molar-refractivity contribution is -0.133. The molecule has 136 valence electrons. The van der Waals surface area contributed by atoms with Gasteiger partial charge >= 0.3 is 0 Å². The maximum atomic E-state index is 12.1. The second kappa shape index (κ2) is 6.04. The van der Waals surface area contributed by atoms with Crippen molar-refractivity contribution < 1.29 is 14.6 Å². The molecular weight excluding hydrogens is 326 g/mol. The predicted molar refractivity (Wildman–Crippen MR) is 101 cm³/mol. The SMILES string of the molecule is Cc1ccc2c(c1)-c1c(O)cc(CN3CCCCC3=O)cc1OC2(C)C. The fourth-order valence-corrected chi connectivity index (χ4v) is 4.07. The Bertz CT molecular complexity index is 885. The molecule has 4 rings (SSSR count). The van der Waals surface area contributed by atoms with E-state index in [1.54, 1.807) is 6.07 Å². The average molecular weight is 351 g/mol. The highest BCUT2D eigenvalue weighted by Gasteiger charge is 2.34. The number of hydrogen-bond acceptors (Lipinski definition) is 3. The summed E-state index contributed by atoms with van der Waals surface area (Å²) < 4.78 is 6.26. The fourth-order valence-electron chi connectivity index (χ4n) is 4.07. The molecule has 0 atom stereocenters. The zero-order valence-corrected chi connectivity index (χ0v) is 15.6. The minimum Gasteiger partial charge on any atom is -0.507 e. The van der Waals surface area contributed by atoms with Crippen molar-refractivity contribution in [2.75, 3.05) is 6.54 Å². The van der Waals surface area contributed by atoms with E-state index in [0.717, 1.165) is 47.2 Å². The number of fused-ring (bicyclic) bond motifs is 3. The number of hydrogen-bond donors (Lipinski definition) is 1. The molecule has 4 heteroatoms. The first-order valence-corrected chi connectivity index (χ1v) is 9.29. The number of benzene rings is 2. The number of nitrogens with zero attached hydrogens (tertiary/aromatic N) is 1. The quantitative estimate of drug-likeness (QED) is 0.866. The normalized spacial score (nSPS) is 18.1. The Balaban J connectivity index is 1.77. The van der Waals surface area contributed by atoms with Crippen molar-refractivity contribution in [3.05, 3.63) is 47.0 Å². The van der Waals surface area contributed by atoms with Gasteiger partial charge in [0.1, 0.15) is 17.1 Å². The van der Waals surface area contributed by atoms with E-state index < -0.39 is 5.60 Å². The summed E-state index contributed by atoms with van der Waals surface area (Å²) in [6.45, 7) is 7.44. The summed E-state index contributed by atoms with van der Waals surface area (Å²) in [4.78, 5) is 14.0. The summed E-state index contributed by atoms with van der Waals surface area (Å²) in [6.07, 6.45) is 2.63. The van der Waals surface area contributed by atoms with E-state index >= 15 is 0 Å². The van der Waals surface area contributed by atoms with Crippen molar-refractivity contribution in [1.29, 1.82) is 0 Å². The molecule has 0 radical (unpaired) electrons. The lowest BCUT2D eigenvalue weighted by atomic mass is 9.84. The number of phenols is 1. The number of aryl methyl sites for hydroxylation is 1. The van der Waals surface area contributed by atoms with Crippen LogP contribution in [0.5, 0.6) is 11.5 Å². The van der Waals surface area contributed by atoms with E-state index in [0.29, 0.717) is 18.7 Å². The van der Waals surface area contributed by atoms with Crippen molar-refractivity contribution >= 4 is 5.91 Å². The van der Waals surface area contributed by atoms with Crippen molar-refractivity contribution in [2.45, 2.75) is 52.2 Å². The molecule has 2 aliphatic heterocycles. The van der Waals surface area contributed by atoms with E-state index in [9.17, 15) is 9.90 Å². The Kier molecular flexibility index (Phi) is 3.94. The third-order valence-electron chi connectivity index (χ3n) is 5.39. The molecule has 0 bridgehead atoms. The van der Waals surface area contributed by atoms with Crippen molar-refractivity contribution in [1.82, 2.24) is 4.90 Å². The summed E-state index contributed by atoms with van der Waals surface area (Å²) in [7, 11) is 0. The Morgan fingerprint density at radius 2 is 2.00 bits per heavy atom. The van der Waals surface area contributed by atoms with Gasteiger partial charge in [-0.2, -0.15) is 0 Å². The van der Waals surface area contributed by atoms with Crippen LogP contribution in [0.2, 0.25) is 0 Å². The average Bonchev–Trinajstić information content (AvgIpc) is 2.55. The summed E-state index contributed by atoms with van der Waals surface area (Å²) in [5.74, 6) is 1.09. The second-order valence-corrected chi connectivity index (χ2v) is 7.92. The maximum absolute atomic E-state index is 12.1. The van der Waals surface area contributed by atoms with Crippen molar-refractivity contribution in [2.24, 2.45) is 0 Å². The monoisotopic (exact) mass is 351 g/mol. The highest BCUT2D eigenvalue weighted by Crippen LogP contribution is 2.49. The third-order valence-corrected chi connectivity index (χ3v) is 5.39. The molecule has 0 aliphatic carbocycles. The molecule has 2 aliphatic rings. The number of amides is 1. The first-order chi connectivity index (χ1) is 12.3. The van der Waals surface area contributed by atoms with Crippen LogP contribution >= 0.6 is 0 Å². The van der Waals surface area contributed by atoms with E-state index in [1.807, 2.05) is 24.8 Å². The zero-order valence-electron chi connectivity index (χ0n) is 15.6. The largest absolute Gasteiger partial charge is 0.507 e. The molecule has 4 nitrogen and oxygen atoms in total. The number of ether oxygens (including phenoxy) is 1. The van der Waals surface area contributed by atoms with Gasteiger partial charge in [0.15, 0.2) is 0 Å². The number of likely N-dealkylation sites (tertiary alicyclic amines) is 1. The lowest BCUT2D eigenvalue weighted by Crippen LogP contribution is -2.34. The van der Waals surface area contributed by atoms with Crippen LogP contribution in [0.4, 0.5) is 0 Å². The number of phenolic OH excluding ortho intramolecular Hbond substituents is 1. The predicted octanol–water partition coefficient (Wildman–Crippen LogP) is 4.51. The van der Waals surface area contributed by atoms with Crippen LogP contribution in [-0.2, 0) is 16.9 Å². The number of piperidine rings is 1. The van der Waals surface area contributed by atoms with Crippen LogP contribution in [0.15, 0.2) is 30.3 Å².